The van der Waals surface area contributed by atoms with Crippen molar-refractivity contribution in [3.05, 3.63) is 136 Å². The van der Waals surface area contributed by atoms with Crippen molar-refractivity contribution in [3.63, 3.8) is 0 Å². The van der Waals surface area contributed by atoms with Crippen molar-refractivity contribution in [2.24, 2.45) is 4.99 Å². The molecule has 1 aliphatic rings. The van der Waals surface area contributed by atoms with Gasteiger partial charge in [-0.3, -0.25) is 24.2 Å². The number of rotatable bonds is 8. The first-order valence-electron chi connectivity index (χ1n) is 14.7. The monoisotopic (exact) mass is 782 g/mol. The highest BCUT2D eigenvalue weighted by atomic mass is 36.0. The van der Waals surface area contributed by atoms with Crippen LogP contribution in [0.2, 0.25) is 5.02 Å². The Bertz CT molecular complexity index is 2160. The van der Waals surface area contributed by atoms with Crippen molar-refractivity contribution < 1.29 is 28.3 Å². The number of hydrogen-bond acceptors (Lipinski definition) is 8. The maximum atomic E-state index is 12.3. The molecule has 0 bridgehead atoms. The first-order chi connectivity index (χ1) is 24.4. The molecule has 2 heterocycles. The standard InChI is InChI=1S/C18H13ClN2O2.C18H14N2O3.Cl3OP/c1-20-15-10-21-14-9-16(22-2)17(8-13(14)18(15)19)23-11-12-6-4-3-5-7-12;1-19-15-10-20-14-9-16(22-2)17(8-13(14)18(15)21)23-11-12-6-4-3-5-7-12;1-5(2,3)4/h3-10H,11H2,2H3;3-10,15H,11H2,2H3;. The van der Waals surface area contributed by atoms with Gasteiger partial charge in [-0.25, -0.2) is 11.4 Å². The minimum atomic E-state index is -3.22. The Kier molecular flexibility index (Phi) is 14.1. The number of Topliss-reactive ketones (excluding diaryl/α,β-unsaturated/α-hetero) is 1. The summed E-state index contributed by atoms with van der Waals surface area (Å²) >= 11 is 20.1. The maximum Gasteiger partial charge on any atom is 0.339 e. The molecule has 0 saturated carbocycles. The van der Waals surface area contributed by atoms with Crippen molar-refractivity contribution in [3.8, 4) is 23.0 Å². The van der Waals surface area contributed by atoms with E-state index in [1.807, 2.05) is 60.7 Å². The number of hydrogen-bond donors (Lipinski definition) is 0. The van der Waals surface area contributed by atoms with Crippen LogP contribution in [0.25, 0.3) is 20.6 Å². The Morgan fingerprint density at radius 3 is 1.84 bits per heavy atom. The fraction of sp³-hybridized carbons (Fsp3) is 0.139. The van der Waals surface area contributed by atoms with Crippen LogP contribution in [0.1, 0.15) is 21.5 Å². The van der Waals surface area contributed by atoms with Crippen LogP contribution in [0, 0.1) is 13.1 Å². The number of methoxy groups -OCH3 is 2. The molecule has 5 aromatic rings. The summed E-state index contributed by atoms with van der Waals surface area (Å²) in [6.07, 6.45) is 2.82. The normalized spacial score (nSPS) is 12.9. The summed E-state index contributed by atoms with van der Waals surface area (Å²) in [7, 11) is 3.11. The van der Waals surface area contributed by atoms with Gasteiger partial charge in [0.15, 0.2) is 23.0 Å². The van der Waals surface area contributed by atoms with Gasteiger partial charge in [0, 0.05) is 23.7 Å². The average Bonchev–Trinajstić information content (AvgIpc) is 3.13. The van der Waals surface area contributed by atoms with Gasteiger partial charge in [-0.15, -0.1) is 0 Å². The molecule has 260 valence electrons. The van der Waals surface area contributed by atoms with Crippen molar-refractivity contribution in [2.75, 3.05) is 14.2 Å². The average molecular weight is 784 g/mol. The summed E-state index contributed by atoms with van der Waals surface area (Å²) in [5, 5.41) is -2.18. The third-order valence-electron chi connectivity index (χ3n) is 6.97. The number of carbonyl (C=O) groups excluding carboxylic acids is 1. The lowest BCUT2D eigenvalue weighted by molar-refractivity contribution is 0.0994. The van der Waals surface area contributed by atoms with Gasteiger partial charge in [0.1, 0.15) is 13.2 Å². The molecule has 0 fully saturated rings. The predicted octanol–water partition coefficient (Wildman–Crippen LogP) is 11.3. The lowest BCUT2D eigenvalue weighted by Crippen LogP contribution is -2.22. The fourth-order valence-corrected chi connectivity index (χ4v) is 4.82. The van der Waals surface area contributed by atoms with Crippen LogP contribution in [-0.4, -0.2) is 37.2 Å². The summed E-state index contributed by atoms with van der Waals surface area (Å²) < 4.78 is 31.9. The molecule has 1 aromatic heterocycles. The molecule has 15 heteroatoms. The lowest BCUT2D eigenvalue weighted by atomic mass is 10.00. The van der Waals surface area contributed by atoms with Gasteiger partial charge in [0.05, 0.1) is 48.8 Å². The molecule has 1 unspecified atom stereocenters. The van der Waals surface area contributed by atoms with E-state index >= 15 is 0 Å². The van der Waals surface area contributed by atoms with E-state index in [-0.39, 0.29) is 5.78 Å². The molecule has 51 heavy (non-hydrogen) atoms. The molecule has 6 rings (SSSR count). The summed E-state index contributed by atoms with van der Waals surface area (Å²) in [6, 6.07) is 25.5. The van der Waals surface area contributed by atoms with E-state index in [1.165, 1.54) is 19.5 Å². The molecule has 0 N–H and O–H groups in total. The Balaban J connectivity index is 0.000000202. The van der Waals surface area contributed by atoms with Crippen LogP contribution in [-0.2, 0) is 17.8 Å². The molecule has 0 aliphatic carbocycles. The summed E-state index contributed by atoms with van der Waals surface area (Å²) in [4.78, 5) is 27.3. The van der Waals surface area contributed by atoms with Gasteiger partial charge >= 0.3 is 11.2 Å². The van der Waals surface area contributed by atoms with Gasteiger partial charge in [0.25, 0.3) is 5.78 Å². The highest BCUT2D eigenvalue weighted by molar-refractivity contribution is 8.24. The van der Waals surface area contributed by atoms with E-state index in [1.54, 1.807) is 31.4 Å². The quantitative estimate of drug-likeness (QED) is 0.114. The number of halogens is 4. The Morgan fingerprint density at radius 1 is 0.804 bits per heavy atom. The van der Waals surface area contributed by atoms with E-state index in [0.29, 0.717) is 69.1 Å². The second-order valence-electron chi connectivity index (χ2n) is 10.3. The molecule has 0 spiro atoms. The van der Waals surface area contributed by atoms with Crippen LogP contribution in [0.3, 0.4) is 0 Å². The molecule has 1 aliphatic heterocycles. The fourth-order valence-electron chi connectivity index (χ4n) is 4.57. The zero-order chi connectivity index (χ0) is 37.0. The summed E-state index contributed by atoms with van der Waals surface area (Å²) in [5.74, 6) is 1.84. The Hall–Kier alpha value is -4.80. The highest BCUT2D eigenvalue weighted by Crippen LogP contribution is 2.61. The van der Waals surface area contributed by atoms with E-state index in [2.05, 4.69) is 53.4 Å². The number of aromatic nitrogens is 1. The van der Waals surface area contributed by atoms with Gasteiger partial charge in [-0.1, -0.05) is 72.3 Å². The number of pyridine rings is 1. The number of ether oxygens (including phenoxy) is 4. The number of aliphatic imine (C=N–C) groups is 1. The number of benzene rings is 4. The molecule has 0 radical (unpaired) electrons. The van der Waals surface area contributed by atoms with Gasteiger partial charge in [-0.05, 0) is 57.0 Å². The van der Waals surface area contributed by atoms with Crippen molar-refractivity contribution in [2.45, 2.75) is 19.3 Å². The van der Waals surface area contributed by atoms with Gasteiger partial charge < -0.3 is 18.9 Å². The Labute approximate surface area is 313 Å². The third-order valence-corrected chi connectivity index (χ3v) is 7.37. The first kappa shape index (κ1) is 39.0. The summed E-state index contributed by atoms with van der Waals surface area (Å²) in [5.41, 5.74) is 3.92. The smallest absolute Gasteiger partial charge is 0.339 e. The second-order valence-corrected chi connectivity index (χ2v) is 17.3. The van der Waals surface area contributed by atoms with Crippen molar-refractivity contribution in [1.82, 2.24) is 4.98 Å². The van der Waals surface area contributed by atoms with Crippen LogP contribution >= 0.6 is 50.5 Å². The SMILES string of the molecule is O=P(Cl)(Cl)Cl.[C-]#[N+]C1C=Nc2cc(OC)c(OCc3ccccc3)cc2C1=O.[C-]#[N+]c1cnc2cc(OC)c(OCc3ccccc3)cc2c1Cl. The van der Waals surface area contributed by atoms with Gasteiger partial charge in [0.2, 0.25) is 5.69 Å². The third kappa shape index (κ3) is 11.1. The summed E-state index contributed by atoms with van der Waals surface area (Å²) in [6.45, 7) is 15.0. The predicted molar refractivity (Wildman–Crippen MR) is 202 cm³/mol. The number of fused-ring (bicyclic) bond motifs is 2. The minimum absolute atomic E-state index is 0.266. The minimum Gasteiger partial charge on any atom is -0.493 e. The first-order valence-corrected chi connectivity index (χ1v) is 19.5. The van der Waals surface area contributed by atoms with Crippen LogP contribution in [0.4, 0.5) is 11.4 Å². The Morgan fingerprint density at radius 2 is 1.33 bits per heavy atom. The number of nitrogens with zero attached hydrogens (tertiary/aromatic N) is 4. The second kappa shape index (κ2) is 18.4. The zero-order valence-electron chi connectivity index (χ0n) is 26.9. The van der Waals surface area contributed by atoms with Gasteiger partial charge in [-0.2, -0.15) is 0 Å². The molecule has 0 saturated heterocycles. The molecule has 10 nitrogen and oxygen atoms in total. The van der Waals surface area contributed by atoms with E-state index < -0.39 is 11.2 Å². The highest BCUT2D eigenvalue weighted by Gasteiger charge is 2.30. The molecule has 0 amide bonds. The topological polar surface area (TPSA) is 105 Å². The maximum absolute atomic E-state index is 12.3. The number of ketones is 1. The molecule has 4 aromatic carbocycles. The largest absolute Gasteiger partial charge is 0.493 e. The van der Waals surface area contributed by atoms with Crippen molar-refractivity contribution in [1.29, 1.82) is 0 Å². The van der Waals surface area contributed by atoms with E-state index in [0.717, 1.165) is 11.1 Å². The zero-order valence-corrected chi connectivity index (χ0v) is 30.8. The number of carbonyl (C=O) groups is 1. The molecular formula is C36H27Cl4N4O6P. The van der Waals surface area contributed by atoms with Crippen LogP contribution in [0.15, 0.2) is 96.1 Å². The van der Waals surface area contributed by atoms with Crippen LogP contribution in [0.5, 0.6) is 23.0 Å². The lowest BCUT2D eigenvalue weighted by Gasteiger charge is -2.16. The van der Waals surface area contributed by atoms with Crippen molar-refractivity contribution >= 4 is 84.8 Å². The molecule has 1 atom stereocenters. The van der Waals surface area contributed by atoms with E-state index in [4.69, 9.17) is 43.7 Å². The van der Waals surface area contributed by atoms with E-state index in [9.17, 15) is 9.36 Å². The van der Waals surface area contributed by atoms with Crippen LogP contribution < -0.4 is 18.9 Å². The molecular weight excluding hydrogens is 757 g/mol.